The first-order valence-electron chi connectivity index (χ1n) is 6.18. The molecule has 0 spiro atoms. The number of carbonyl (C=O) groups is 2. The van der Waals surface area contributed by atoms with Crippen molar-refractivity contribution in [3.63, 3.8) is 0 Å². The molecular weight excluding hydrogens is 287 g/mol. The molecule has 2 amide bonds. The van der Waals surface area contributed by atoms with E-state index in [9.17, 15) is 14.0 Å². The number of rotatable bonds is 3. The number of amides is 2. The van der Waals surface area contributed by atoms with Crippen LogP contribution in [0, 0.1) is 5.82 Å². The van der Waals surface area contributed by atoms with Gasteiger partial charge in [0.15, 0.2) is 6.61 Å². The fourth-order valence-corrected chi connectivity index (χ4v) is 2.06. The van der Waals surface area contributed by atoms with Crippen molar-refractivity contribution < 1.29 is 18.7 Å². The summed E-state index contributed by atoms with van der Waals surface area (Å²) in [5, 5.41) is 2.79. The molecule has 1 aromatic carbocycles. The fraction of sp³-hybridized carbons (Fsp3) is 0.385. The molecule has 1 saturated heterocycles. The average molecular weight is 301 g/mol. The van der Waals surface area contributed by atoms with Gasteiger partial charge in [0.2, 0.25) is 5.91 Å². The highest BCUT2D eigenvalue weighted by atomic mass is 35.5. The number of hydrogen-bond acceptors (Lipinski definition) is 3. The minimum atomic E-state index is -0.474. The van der Waals surface area contributed by atoms with Crippen molar-refractivity contribution in [3.8, 4) is 5.75 Å². The van der Waals surface area contributed by atoms with Gasteiger partial charge in [0.05, 0.1) is 11.6 Å². The van der Waals surface area contributed by atoms with E-state index >= 15 is 0 Å². The largest absolute Gasteiger partial charge is 0.482 e. The molecule has 0 bridgehead atoms. The van der Waals surface area contributed by atoms with Gasteiger partial charge >= 0.3 is 0 Å². The molecule has 1 N–H and O–H groups in total. The molecule has 108 valence electrons. The third-order valence-corrected chi connectivity index (χ3v) is 3.15. The topological polar surface area (TPSA) is 58.6 Å². The molecular formula is C13H14ClFN2O3. The highest BCUT2D eigenvalue weighted by Crippen LogP contribution is 2.24. The van der Waals surface area contributed by atoms with Gasteiger partial charge in [-0.2, -0.15) is 0 Å². The molecule has 0 unspecified atom stereocenters. The number of hydrogen-bond donors (Lipinski definition) is 1. The third-order valence-electron chi connectivity index (χ3n) is 2.86. The minimum absolute atomic E-state index is 0.0271. The van der Waals surface area contributed by atoms with Crippen LogP contribution in [0.3, 0.4) is 0 Å². The summed E-state index contributed by atoms with van der Waals surface area (Å²) >= 11 is 5.79. The Kier molecular flexibility index (Phi) is 4.79. The Labute approximate surface area is 120 Å². The molecule has 1 aliphatic heterocycles. The Morgan fingerprint density at radius 1 is 1.50 bits per heavy atom. The van der Waals surface area contributed by atoms with Gasteiger partial charge in [0.1, 0.15) is 11.6 Å². The number of benzene rings is 1. The Morgan fingerprint density at radius 2 is 2.30 bits per heavy atom. The minimum Gasteiger partial charge on any atom is -0.482 e. The first-order chi connectivity index (χ1) is 9.56. The Morgan fingerprint density at radius 3 is 3.05 bits per heavy atom. The standard InChI is InChI=1S/C13H14ClFN2O3/c14-10-6-9(15)2-3-11(10)20-8-13(19)17-5-1-4-16-12(18)7-17/h2-3,6H,1,4-5,7-8H2,(H,16,18). The molecule has 2 rings (SSSR count). The molecule has 1 fully saturated rings. The van der Waals surface area contributed by atoms with Gasteiger partial charge < -0.3 is 15.0 Å². The second-order valence-electron chi connectivity index (χ2n) is 4.38. The third kappa shape index (κ3) is 3.84. The highest BCUT2D eigenvalue weighted by Gasteiger charge is 2.20. The first-order valence-corrected chi connectivity index (χ1v) is 6.56. The summed E-state index contributed by atoms with van der Waals surface area (Å²) in [5.74, 6) is -0.725. The molecule has 0 saturated carbocycles. The summed E-state index contributed by atoms with van der Waals surface area (Å²) in [4.78, 5) is 24.7. The lowest BCUT2D eigenvalue weighted by Gasteiger charge is -2.19. The van der Waals surface area contributed by atoms with Gasteiger partial charge in [0.25, 0.3) is 5.91 Å². The lowest BCUT2D eigenvalue weighted by Crippen LogP contribution is -2.39. The predicted octanol–water partition coefficient (Wildman–Crippen LogP) is 1.21. The van der Waals surface area contributed by atoms with Crippen molar-refractivity contribution in [1.29, 1.82) is 0 Å². The second-order valence-corrected chi connectivity index (χ2v) is 4.79. The van der Waals surface area contributed by atoms with Crippen LogP contribution in [0.1, 0.15) is 6.42 Å². The van der Waals surface area contributed by atoms with E-state index in [2.05, 4.69) is 5.32 Å². The number of nitrogens with one attached hydrogen (secondary N) is 1. The van der Waals surface area contributed by atoms with Crippen LogP contribution in [0.15, 0.2) is 18.2 Å². The maximum atomic E-state index is 12.9. The van der Waals surface area contributed by atoms with Crippen molar-refractivity contribution in [1.82, 2.24) is 10.2 Å². The van der Waals surface area contributed by atoms with Gasteiger partial charge in [-0.15, -0.1) is 0 Å². The second kappa shape index (κ2) is 6.56. The lowest BCUT2D eigenvalue weighted by atomic mass is 10.3. The lowest BCUT2D eigenvalue weighted by molar-refractivity contribution is -0.136. The zero-order valence-corrected chi connectivity index (χ0v) is 11.5. The summed E-state index contributed by atoms with van der Waals surface area (Å²) in [6.45, 7) is 0.851. The number of carbonyl (C=O) groups excluding carboxylic acids is 2. The van der Waals surface area contributed by atoms with E-state index in [4.69, 9.17) is 16.3 Å². The van der Waals surface area contributed by atoms with Gasteiger partial charge in [-0.3, -0.25) is 9.59 Å². The number of nitrogens with zero attached hydrogens (tertiary/aromatic N) is 1. The monoisotopic (exact) mass is 300 g/mol. The summed E-state index contributed by atoms with van der Waals surface area (Å²) in [6.07, 6.45) is 0.703. The Bertz CT molecular complexity index is 524. The van der Waals surface area contributed by atoms with Crippen molar-refractivity contribution in [3.05, 3.63) is 29.0 Å². The first kappa shape index (κ1) is 14.6. The summed E-state index contributed by atoms with van der Waals surface area (Å²) < 4.78 is 18.1. The van der Waals surface area contributed by atoms with E-state index in [0.29, 0.717) is 19.5 Å². The molecule has 7 heteroatoms. The molecule has 1 aliphatic rings. The van der Waals surface area contributed by atoms with Crippen molar-refractivity contribution in [2.45, 2.75) is 6.42 Å². The van der Waals surface area contributed by atoms with Crippen LogP contribution in [0.2, 0.25) is 5.02 Å². The van der Waals surface area contributed by atoms with Crippen LogP contribution in [0.5, 0.6) is 5.75 Å². The molecule has 0 atom stereocenters. The average Bonchev–Trinajstić information content (AvgIpc) is 2.62. The smallest absolute Gasteiger partial charge is 0.260 e. The van der Waals surface area contributed by atoms with E-state index in [-0.39, 0.29) is 35.7 Å². The maximum Gasteiger partial charge on any atom is 0.260 e. The van der Waals surface area contributed by atoms with Crippen LogP contribution < -0.4 is 10.1 Å². The van der Waals surface area contributed by atoms with Gasteiger partial charge in [-0.25, -0.2) is 4.39 Å². The fourth-order valence-electron chi connectivity index (χ4n) is 1.84. The quantitative estimate of drug-likeness (QED) is 0.913. The molecule has 0 radical (unpaired) electrons. The maximum absolute atomic E-state index is 12.9. The van der Waals surface area contributed by atoms with E-state index in [1.165, 1.54) is 17.0 Å². The van der Waals surface area contributed by atoms with Crippen LogP contribution >= 0.6 is 11.6 Å². The van der Waals surface area contributed by atoms with Crippen molar-refractivity contribution in [2.75, 3.05) is 26.2 Å². The Balaban J connectivity index is 1.92. The van der Waals surface area contributed by atoms with E-state index in [0.717, 1.165) is 6.07 Å². The zero-order chi connectivity index (χ0) is 14.5. The van der Waals surface area contributed by atoms with Crippen LogP contribution in [-0.4, -0.2) is 43.0 Å². The van der Waals surface area contributed by atoms with Gasteiger partial charge in [-0.05, 0) is 24.6 Å². The SMILES string of the molecule is O=C1CN(C(=O)COc2ccc(F)cc2Cl)CCCN1. The van der Waals surface area contributed by atoms with Crippen molar-refractivity contribution >= 4 is 23.4 Å². The highest BCUT2D eigenvalue weighted by molar-refractivity contribution is 6.32. The van der Waals surface area contributed by atoms with Crippen LogP contribution in [-0.2, 0) is 9.59 Å². The number of halogens is 2. The van der Waals surface area contributed by atoms with Gasteiger partial charge in [-0.1, -0.05) is 11.6 Å². The van der Waals surface area contributed by atoms with Crippen LogP contribution in [0.25, 0.3) is 0 Å². The van der Waals surface area contributed by atoms with Crippen LogP contribution in [0.4, 0.5) is 4.39 Å². The molecule has 5 nitrogen and oxygen atoms in total. The van der Waals surface area contributed by atoms with Crippen molar-refractivity contribution in [2.24, 2.45) is 0 Å². The molecule has 20 heavy (non-hydrogen) atoms. The van der Waals surface area contributed by atoms with Gasteiger partial charge in [0, 0.05) is 13.1 Å². The van der Waals surface area contributed by atoms with E-state index in [1.54, 1.807) is 0 Å². The molecule has 1 aromatic rings. The number of ether oxygens (including phenoxy) is 1. The summed E-state index contributed by atoms with van der Waals surface area (Å²) in [5.41, 5.74) is 0. The zero-order valence-electron chi connectivity index (χ0n) is 10.7. The molecule has 0 aliphatic carbocycles. The normalized spacial score (nSPS) is 15.5. The summed E-state index contributed by atoms with van der Waals surface area (Å²) in [7, 11) is 0. The molecule has 1 heterocycles. The molecule has 0 aromatic heterocycles. The summed E-state index contributed by atoms with van der Waals surface area (Å²) in [6, 6.07) is 3.67. The Hall–Kier alpha value is -1.82. The van der Waals surface area contributed by atoms with E-state index in [1.807, 2.05) is 0 Å². The predicted molar refractivity (Wildman–Crippen MR) is 71.1 cm³/mol. The van der Waals surface area contributed by atoms with E-state index < -0.39 is 5.82 Å².